The van der Waals surface area contributed by atoms with E-state index in [4.69, 9.17) is 10.5 Å². The summed E-state index contributed by atoms with van der Waals surface area (Å²) in [5, 5.41) is 0. The molecule has 0 aliphatic carbocycles. The Morgan fingerprint density at radius 1 is 1.59 bits per heavy atom. The molecule has 0 aromatic heterocycles. The Morgan fingerprint density at radius 2 is 2.35 bits per heavy atom. The van der Waals surface area contributed by atoms with Gasteiger partial charge in [0.1, 0.15) is 5.82 Å². The van der Waals surface area contributed by atoms with Crippen molar-refractivity contribution in [2.75, 3.05) is 25.5 Å². The summed E-state index contributed by atoms with van der Waals surface area (Å²) in [7, 11) is 0. The largest absolute Gasteiger partial charge is 0.396 e. The Labute approximate surface area is 99.2 Å². The van der Waals surface area contributed by atoms with Crippen LogP contribution in [0, 0.1) is 5.82 Å². The number of rotatable bonds is 1. The lowest BCUT2D eigenvalue weighted by molar-refractivity contribution is 0.00359. The topological polar surface area (TPSA) is 55.6 Å². The second-order valence-corrected chi connectivity index (χ2v) is 4.16. The fourth-order valence-electron chi connectivity index (χ4n) is 1.87. The first kappa shape index (κ1) is 11.9. The number of nitrogens with zero attached hydrogens (tertiary/aromatic N) is 1. The molecular formula is C12H15FN2O2. The van der Waals surface area contributed by atoms with Gasteiger partial charge in [-0.25, -0.2) is 4.39 Å². The lowest BCUT2D eigenvalue weighted by Crippen LogP contribution is -2.47. The SMILES string of the molecule is CC1COCCN1C(=O)c1ccc(F)c(N)c1. The lowest BCUT2D eigenvalue weighted by Gasteiger charge is -2.33. The zero-order valence-electron chi connectivity index (χ0n) is 9.65. The molecule has 0 spiro atoms. The molecule has 1 aromatic rings. The molecule has 1 aliphatic rings. The van der Waals surface area contributed by atoms with E-state index in [9.17, 15) is 9.18 Å². The molecule has 1 atom stereocenters. The number of benzene rings is 1. The molecule has 0 radical (unpaired) electrons. The number of carbonyl (C=O) groups is 1. The first-order chi connectivity index (χ1) is 8.09. The maximum atomic E-state index is 13.0. The van der Waals surface area contributed by atoms with Crippen LogP contribution in [-0.2, 0) is 4.74 Å². The van der Waals surface area contributed by atoms with Crippen LogP contribution >= 0.6 is 0 Å². The second-order valence-electron chi connectivity index (χ2n) is 4.16. The summed E-state index contributed by atoms with van der Waals surface area (Å²) in [6.45, 7) is 3.54. The summed E-state index contributed by atoms with van der Waals surface area (Å²) < 4.78 is 18.3. The van der Waals surface area contributed by atoms with E-state index in [0.717, 1.165) is 0 Å². The zero-order valence-corrected chi connectivity index (χ0v) is 9.65. The third kappa shape index (κ3) is 2.39. The molecule has 1 amide bonds. The number of morpholine rings is 1. The molecule has 1 heterocycles. The van der Waals surface area contributed by atoms with Gasteiger partial charge in [0, 0.05) is 12.1 Å². The van der Waals surface area contributed by atoms with Crippen LogP contribution in [0.25, 0.3) is 0 Å². The van der Waals surface area contributed by atoms with Gasteiger partial charge in [-0.2, -0.15) is 0 Å². The number of hydrogen-bond donors (Lipinski definition) is 1. The van der Waals surface area contributed by atoms with Crippen LogP contribution in [0.5, 0.6) is 0 Å². The number of carbonyl (C=O) groups excluding carboxylic acids is 1. The van der Waals surface area contributed by atoms with Gasteiger partial charge in [0.05, 0.1) is 24.9 Å². The quantitative estimate of drug-likeness (QED) is 0.749. The zero-order chi connectivity index (χ0) is 12.4. The highest BCUT2D eigenvalue weighted by Gasteiger charge is 2.24. The Hall–Kier alpha value is -1.62. The molecule has 2 N–H and O–H groups in total. The molecule has 4 nitrogen and oxygen atoms in total. The normalized spacial score (nSPS) is 20.4. The van der Waals surface area contributed by atoms with E-state index in [-0.39, 0.29) is 17.6 Å². The number of amides is 1. The van der Waals surface area contributed by atoms with Crippen molar-refractivity contribution in [3.8, 4) is 0 Å². The van der Waals surface area contributed by atoms with Gasteiger partial charge in [0.2, 0.25) is 0 Å². The minimum atomic E-state index is -0.503. The van der Waals surface area contributed by atoms with Crippen molar-refractivity contribution in [1.29, 1.82) is 0 Å². The van der Waals surface area contributed by atoms with Gasteiger partial charge >= 0.3 is 0 Å². The molecule has 92 valence electrons. The fraction of sp³-hybridized carbons (Fsp3) is 0.417. The summed E-state index contributed by atoms with van der Waals surface area (Å²) in [6, 6.07) is 4.08. The Balaban J connectivity index is 2.21. The first-order valence-electron chi connectivity index (χ1n) is 5.53. The van der Waals surface area contributed by atoms with Gasteiger partial charge in [-0.3, -0.25) is 4.79 Å². The number of anilines is 1. The summed E-state index contributed by atoms with van der Waals surface area (Å²) in [5.74, 6) is -0.635. The number of nitrogen functional groups attached to an aromatic ring is 1. The predicted molar refractivity (Wildman–Crippen MR) is 62.1 cm³/mol. The highest BCUT2D eigenvalue weighted by atomic mass is 19.1. The van der Waals surface area contributed by atoms with Gasteiger partial charge in [-0.05, 0) is 25.1 Å². The Kier molecular flexibility index (Phi) is 3.28. The molecule has 1 aliphatic heterocycles. The van der Waals surface area contributed by atoms with Gasteiger partial charge in [0.15, 0.2) is 0 Å². The number of ether oxygens (including phenoxy) is 1. The number of halogens is 1. The third-order valence-electron chi connectivity index (χ3n) is 2.87. The molecule has 17 heavy (non-hydrogen) atoms. The molecule has 1 fully saturated rings. The molecule has 1 saturated heterocycles. The van der Waals surface area contributed by atoms with Gasteiger partial charge in [-0.1, -0.05) is 0 Å². The van der Waals surface area contributed by atoms with E-state index in [1.807, 2.05) is 6.92 Å². The van der Waals surface area contributed by atoms with E-state index in [1.54, 1.807) is 4.90 Å². The minimum Gasteiger partial charge on any atom is -0.396 e. The molecule has 0 bridgehead atoms. The summed E-state index contributed by atoms with van der Waals surface area (Å²) in [6.07, 6.45) is 0. The summed E-state index contributed by atoms with van der Waals surface area (Å²) in [4.78, 5) is 13.9. The number of hydrogen-bond acceptors (Lipinski definition) is 3. The van der Waals surface area contributed by atoms with Crippen molar-refractivity contribution < 1.29 is 13.9 Å². The summed E-state index contributed by atoms with van der Waals surface area (Å²) >= 11 is 0. The van der Waals surface area contributed by atoms with Crippen LogP contribution in [-0.4, -0.2) is 36.6 Å². The van der Waals surface area contributed by atoms with Gasteiger partial charge in [0.25, 0.3) is 5.91 Å². The van der Waals surface area contributed by atoms with Crippen molar-refractivity contribution in [2.45, 2.75) is 13.0 Å². The lowest BCUT2D eigenvalue weighted by atomic mass is 10.1. The van der Waals surface area contributed by atoms with E-state index >= 15 is 0 Å². The van der Waals surface area contributed by atoms with Crippen molar-refractivity contribution in [1.82, 2.24) is 4.90 Å². The molecule has 0 saturated carbocycles. The van der Waals surface area contributed by atoms with Crippen LogP contribution < -0.4 is 5.73 Å². The summed E-state index contributed by atoms with van der Waals surface area (Å²) in [5.41, 5.74) is 5.86. The monoisotopic (exact) mass is 238 g/mol. The van der Waals surface area contributed by atoms with E-state index in [2.05, 4.69) is 0 Å². The third-order valence-corrected chi connectivity index (χ3v) is 2.87. The van der Waals surface area contributed by atoms with Crippen LogP contribution in [0.4, 0.5) is 10.1 Å². The average Bonchev–Trinajstić information content (AvgIpc) is 2.32. The van der Waals surface area contributed by atoms with Gasteiger partial charge < -0.3 is 15.4 Å². The highest BCUT2D eigenvalue weighted by Crippen LogP contribution is 2.16. The molecule has 5 heteroatoms. The maximum Gasteiger partial charge on any atom is 0.254 e. The highest BCUT2D eigenvalue weighted by molar-refractivity contribution is 5.95. The molecule has 1 aromatic carbocycles. The van der Waals surface area contributed by atoms with Crippen molar-refractivity contribution >= 4 is 11.6 Å². The molecular weight excluding hydrogens is 223 g/mol. The second kappa shape index (κ2) is 4.71. The van der Waals surface area contributed by atoms with E-state index < -0.39 is 5.82 Å². The smallest absolute Gasteiger partial charge is 0.254 e. The standard InChI is InChI=1S/C12H15FN2O2/c1-8-7-17-5-4-15(8)12(16)9-2-3-10(13)11(14)6-9/h2-3,6,8H,4-5,7,14H2,1H3. The van der Waals surface area contributed by atoms with E-state index in [0.29, 0.717) is 25.3 Å². The average molecular weight is 238 g/mol. The van der Waals surface area contributed by atoms with Crippen LogP contribution in [0.2, 0.25) is 0 Å². The van der Waals surface area contributed by atoms with Crippen LogP contribution in [0.15, 0.2) is 18.2 Å². The van der Waals surface area contributed by atoms with Crippen molar-refractivity contribution in [3.63, 3.8) is 0 Å². The van der Waals surface area contributed by atoms with Gasteiger partial charge in [-0.15, -0.1) is 0 Å². The van der Waals surface area contributed by atoms with Crippen molar-refractivity contribution in [3.05, 3.63) is 29.6 Å². The Morgan fingerprint density at radius 3 is 3.00 bits per heavy atom. The van der Waals surface area contributed by atoms with Crippen LogP contribution in [0.1, 0.15) is 17.3 Å². The Bertz CT molecular complexity index is 437. The fourth-order valence-corrected chi connectivity index (χ4v) is 1.87. The first-order valence-corrected chi connectivity index (χ1v) is 5.53. The predicted octanol–water partition coefficient (Wildman–Crippen LogP) is 1.27. The maximum absolute atomic E-state index is 13.0. The van der Waals surface area contributed by atoms with Crippen molar-refractivity contribution in [2.24, 2.45) is 0 Å². The minimum absolute atomic E-state index is 0.00300. The molecule has 2 rings (SSSR count). The molecule has 1 unspecified atom stereocenters. The number of nitrogens with two attached hydrogens (primary N) is 1. The van der Waals surface area contributed by atoms with Crippen LogP contribution in [0.3, 0.4) is 0 Å². The van der Waals surface area contributed by atoms with E-state index in [1.165, 1.54) is 18.2 Å².